The lowest BCUT2D eigenvalue weighted by atomic mass is 10.2. The first-order chi connectivity index (χ1) is 7.59. The first-order valence-electron chi connectivity index (χ1n) is 5.24. The molecule has 1 aromatic rings. The summed E-state index contributed by atoms with van der Waals surface area (Å²) in [5.41, 5.74) is 2.27. The van der Waals surface area contributed by atoms with Gasteiger partial charge in [0.05, 0.1) is 5.70 Å². The SMILES string of the molecule is C=C(C)C=NC(=C)c1ccc(F)cc1.CC. The number of aliphatic imine (C=N–C) groups is 1. The quantitative estimate of drug-likeness (QED) is 0.665. The van der Waals surface area contributed by atoms with Gasteiger partial charge in [-0.15, -0.1) is 0 Å². The molecule has 1 rings (SSSR count). The van der Waals surface area contributed by atoms with E-state index < -0.39 is 0 Å². The Bertz CT molecular complexity index is 374. The highest BCUT2D eigenvalue weighted by Gasteiger charge is 1.95. The van der Waals surface area contributed by atoms with Crippen LogP contribution in [0.1, 0.15) is 26.3 Å². The van der Waals surface area contributed by atoms with Crippen molar-refractivity contribution in [1.82, 2.24) is 0 Å². The molecule has 16 heavy (non-hydrogen) atoms. The number of halogens is 1. The molecule has 0 atom stereocenters. The summed E-state index contributed by atoms with van der Waals surface area (Å²) in [5, 5.41) is 0. The van der Waals surface area contributed by atoms with Crippen molar-refractivity contribution in [2.24, 2.45) is 4.99 Å². The Morgan fingerprint density at radius 3 is 2.12 bits per heavy atom. The lowest BCUT2D eigenvalue weighted by Gasteiger charge is -1.98. The van der Waals surface area contributed by atoms with Crippen LogP contribution >= 0.6 is 0 Å². The molecule has 0 aliphatic rings. The normalized spacial score (nSPS) is 9.50. The van der Waals surface area contributed by atoms with Crippen molar-refractivity contribution in [2.75, 3.05) is 0 Å². The van der Waals surface area contributed by atoms with Gasteiger partial charge in [-0.3, -0.25) is 4.99 Å². The minimum absolute atomic E-state index is 0.259. The Hall–Kier alpha value is -1.70. The van der Waals surface area contributed by atoms with Crippen LogP contribution in [0.5, 0.6) is 0 Å². The summed E-state index contributed by atoms with van der Waals surface area (Å²) >= 11 is 0. The van der Waals surface area contributed by atoms with Crippen LogP contribution in [0.3, 0.4) is 0 Å². The zero-order valence-electron chi connectivity index (χ0n) is 10.1. The average Bonchev–Trinajstić information content (AvgIpc) is 2.29. The molecule has 0 aliphatic carbocycles. The molecule has 1 aromatic carbocycles. The van der Waals surface area contributed by atoms with E-state index in [1.165, 1.54) is 12.1 Å². The summed E-state index contributed by atoms with van der Waals surface area (Å²) in [6, 6.07) is 6.06. The Morgan fingerprint density at radius 2 is 1.69 bits per heavy atom. The number of hydrogen-bond acceptors (Lipinski definition) is 1. The van der Waals surface area contributed by atoms with E-state index in [0.29, 0.717) is 5.70 Å². The van der Waals surface area contributed by atoms with Crippen molar-refractivity contribution in [2.45, 2.75) is 20.8 Å². The Balaban J connectivity index is 0.00000106. The van der Waals surface area contributed by atoms with Gasteiger partial charge in [0.1, 0.15) is 5.82 Å². The molecule has 0 aliphatic heterocycles. The summed E-state index contributed by atoms with van der Waals surface area (Å²) in [4.78, 5) is 4.08. The van der Waals surface area contributed by atoms with E-state index >= 15 is 0 Å². The number of allylic oxidation sites excluding steroid dienone is 1. The van der Waals surface area contributed by atoms with E-state index in [2.05, 4.69) is 18.2 Å². The van der Waals surface area contributed by atoms with Crippen LogP contribution in [-0.2, 0) is 0 Å². The zero-order valence-corrected chi connectivity index (χ0v) is 10.1. The molecule has 0 aromatic heterocycles. The standard InChI is InChI=1S/C12H12FN.C2H6/c1-9(2)8-14-10(3)11-4-6-12(13)7-5-11;1-2/h4-8H,1,3H2,2H3;1-2H3. The second-order valence-electron chi connectivity index (χ2n) is 3.06. The third-order valence-corrected chi connectivity index (χ3v) is 1.62. The lowest BCUT2D eigenvalue weighted by Crippen LogP contribution is -1.82. The molecule has 0 radical (unpaired) electrons. The second-order valence-corrected chi connectivity index (χ2v) is 3.06. The van der Waals surface area contributed by atoms with Gasteiger partial charge >= 0.3 is 0 Å². The minimum atomic E-state index is -0.259. The summed E-state index contributed by atoms with van der Waals surface area (Å²) in [6.07, 6.45) is 1.63. The molecule has 0 fully saturated rings. The molecule has 0 heterocycles. The maximum absolute atomic E-state index is 12.6. The van der Waals surface area contributed by atoms with Gasteiger partial charge in [-0.05, 0) is 42.3 Å². The van der Waals surface area contributed by atoms with E-state index in [9.17, 15) is 4.39 Å². The smallest absolute Gasteiger partial charge is 0.123 e. The molecular weight excluding hydrogens is 201 g/mol. The second kappa shape index (κ2) is 7.57. The van der Waals surface area contributed by atoms with Gasteiger partial charge in [0.15, 0.2) is 0 Å². The topological polar surface area (TPSA) is 12.4 Å². The molecule has 1 nitrogen and oxygen atoms in total. The van der Waals surface area contributed by atoms with Gasteiger partial charge < -0.3 is 0 Å². The van der Waals surface area contributed by atoms with Crippen molar-refractivity contribution in [1.29, 1.82) is 0 Å². The molecule has 0 amide bonds. The van der Waals surface area contributed by atoms with Crippen LogP contribution in [-0.4, -0.2) is 6.21 Å². The zero-order chi connectivity index (χ0) is 12.6. The predicted molar refractivity (Wildman–Crippen MR) is 70.1 cm³/mol. The van der Waals surface area contributed by atoms with Gasteiger partial charge in [0.2, 0.25) is 0 Å². The van der Waals surface area contributed by atoms with Crippen molar-refractivity contribution in [3.05, 3.63) is 54.4 Å². The number of rotatable bonds is 3. The summed E-state index contributed by atoms with van der Waals surface area (Å²) < 4.78 is 12.6. The Kier molecular flexibility index (Phi) is 6.77. The molecule has 0 bridgehead atoms. The van der Waals surface area contributed by atoms with E-state index in [1.807, 2.05) is 20.8 Å². The van der Waals surface area contributed by atoms with Crippen molar-refractivity contribution >= 4 is 11.9 Å². The minimum Gasteiger partial charge on any atom is -0.257 e. The van der Waals surface area contributed by atoms with Gasteiger partial charge in [0, 0.05) is 6.21 Å². The van der Waals surface area contributed by atoms with E-state index in [-0.39, 0.29) is 5.82 Å². The molecule has 0 saturated carbocycles. The highest BCUT2D eigenvalue weighted by Crippen LogP contribution is 2.13. The number of benzene rings is 1. The monoisotopic (exact) mass is 219 g/mol. The van der Waals surface area contributed by atoms with E-state index in [0.717, 1.165) is 11.1 Å². The molecule has 2 heteroatoms. The molecule has 0 N–H and O–H groups in total. The number of hydrogen-bond donors (Lipinski definition) is 0. The van der Waals surface area contributed by atoms with Gasteiger partial charge in [-0.25, -0.2) is 4.39 Å². The molecule has 0 spiro atoms. The summed E-state index contributed by atoms with van der Waals surface area (Å²) in [6.45, 7) is 13.3. The van der Waals surface area contributed by atoms with Crippen LogP contribution in [0.2, 0.25) is 0 Å². The van der Waals surface area contributed by atoms with Crippen LogP contribution in [0.4, 0.5) is 4.39 Å². The Labute approximate surface area is 97.0 Å². The van der Waals surface area contributed by atoms with E-state index in [1.54, 1.807) is 18.3 Å². The molecule has 0 unspecified atom stereocenters. The first-order valence-corrected chi connectivity index (χ1v) is 5.24. The fourth-order valence-corrected chi connectivity index (χ4v) is 0.905. The van der Waals surface area contributed by atoms with Gasteiger partial charge in [-0.2, -0.15) is 0 Å². The van der Waals surface area contributed by atoms with Crippen molar-refractivity contribution < 1.29 is 4.39 Å². The fraction of sp³-hybridized carbons (Fsp3) is 0.214. The largest absolute Gasteiger partial charge is 0.257 e. The van der Waals surface area contributed by atoms with Crippen molar-refractivity contribution in [3.8, 4) is 0 Å². The number of nitrogens with zero attached hydrogens (tertiary/aromatic N) is 1. The highest BCUT2D eigenvalue weighted by atomic mass is 19.1. The highest BCUT2D eigenvalue weighted by molar-refractivity contribution is 5.82. The predicted octanol–water partition coefficient (Wildman–Crippen LogP) is 4.47. The lowest BCUT2D eigenvalue weighted by molar-refractivity contribution is 0.627. The van der Waals surface area contributed by atoms with Crippen LogP contribution in [0.15, 0.2) is 48.0 Å². The first kappa shape index (κ1) is 14.3. The Morgan fingerprint density at radius 1 is 1.19 bits per heavy atom. The fourth-order valence-electron chi connectivity index (χ4n) is 0.905. The molecule has 86 valence electrons. The third-order valence-electron chi connectivity index (χ3n) is 1.62. The summed E-state index contributed by atoms with van der Waals surface area (Å²) in [7, 11) is 0. The molecule has 0 saturated heterocycles. The summed E-state index contributed by atoms with van der Waals surface area (Å²) in [5.74, 6) is -0.259. The molecular formula is C14H18FN. The van der Waals surface area contributed by atoms with Crippen LogP contribution in [0, 0.1) is 5.82 Å². The van der Waals surface area contributed by atoms with Crippen molar-refractivity contribution in [3.63, 3.8) is 0 Å². The van der Waals surface area contributed by atoms with Crippen LogP contribution in [0.25, 0.3) is 5.70 Å². The van der Waals surface area contributed by atoms with Gasteiger partial charge in [-0.1, -0.05) is 27.0 Å². The average molecular weight is 219 g/mol. The third kappa shape index (κ3) is 5.25. The van der Waals surface area contributed by atoms with Gasteiger partial charge in [0.25, 0.3) is 0 Å². The maximum Gasteiger partial charge on any atom is 0.123 e. The maximum atomic E-state index is 12.6. The van der Waals surface area contributed by atoms with E-state index in [4.69, 9.17) is 0 Å². The van der Waals surface area contributed by atoms with Crippen LogP contribution < -0.4 is 0 Å².